The highest BCUT2D eigenvalue weighted by atomic mass is 28.4. The number of ether oxygens (including phenoxy) is 3. The lowest BCUT2D eigenvalue weighted by Gasteiger charge is -2.29. The Kier molecular flexibility index (Phi) is 17.0. The molecule has 12 heteroatoms. The van der Waals surface area contributed by atoms with E-state index in [1.54, 1.807) is 21.3 Å². The lowest BCUT2D eigenvalue weighted by atomic mass is 10.3. The van der Waals surface area contributed by atoms with Crippen molar-refractivity contribution < 1.29 is 41.9 Å². The van der Waals surface area contributed by atoms with Gasteiger partial charge in [0, 0.05) is 60.1 Å². The highest BCUT2D eigenvalue weighted by molar-refractivity contribution is 6.60. The minimum atomic E-state index is -2.67. The van der Waals surface area contributed by atoms with Crippen molar-refractivity contribution in [2.24, 2.45) is 0 Å². The Hall–Kier alpha value is -1.57. The Balaban J connectivity index is 4.96. The van der Waals surface area contributed by atoms with Gasteiger partial charge in [0.15, 0.2) is 0 Å². The maximum atomic E-state index is 11.6. The average Bonchev–Trinajstić information content (AvgIpc) is 2.83. The third kappa shape index (κ3) is 13.1. The van der Waals surface area contributed by atoms with Crippen molar-refractivity contribution in [2.45, 2.75) is 31.7 Å². The summed E-state index contributed by atoms with van der Waals surface area (Å²) >= 11 is 0. The van der Waals surface area contributed by atoms with Gasteiger partial charge < -0.3 is 37.3 Å². The van der Waals surface area contributed by atoms with Crippen molar-refractivity contribution in [3.05, 3.63) is 0 Å². The SMILES string of the molecule is COC(=O)CCN(CCC[Si](OC)(OC)OC)CCN(CCC(=O)OC)CCC(=O)OC. The largest absolute Gasteiger partial charge is 0.500 e. The van der Waals surface area contributed by atoms with Crippen LogP contribution in [0.4, 0.5) is 0 Å². The van der Waals surface area contributed by atoms with Crippen LogP contribution < -0.4 is 0 Å². The smallest absolute Gasteiger partial charge is 0.469 e. The standard InChI is InChI=1S/C20H40N2O9Si/c1-26-18(23)8-12-21(11-7-17-32(29-4,30-5)31-6)15-16-22(13-9-19(24)27-2)14-10-20(25)28-3/h7-17H2,1-6H3. The molecule has 0 aromatic rings. The van der Waals surface area contributed by atoms with Crippen LogP contribution in [0.15, 0.2) is 0 Å². The van der Waals surface area contributed by atoms with Gasteiger partial charge in [-0.3, -0.25) is 14.4 Å². The molecule has 0 heterocycles. The predicted octanol–water partition coefficient (Wildman–Crippen LogP) is 0.548. The second-order valence-corrected chi connectivity index (χ2v) is 10.2. The normalized spacial score (nSPS) is 11.6. The van der Waals surface area contributed by atoms with Gasteiger partial charge in [0.2, 0.25) is 0 Å². The van der Waals surface area contributed by atoms with E-state index < -0.39 is 8.80 Å². The summed E-state index contributed by atoms with van der Waals surface area (Å²) in [4.78, 5) is 38.9. The molecule has 0 unspecified atom stereocenters. The van der Waals surface area contributed by atoms with E-state index in [0.29, 0.717) is 45.3 Å². The van der Waals surface area contributed by atoms with Crippen LogP contribution in [-0.2, 0) is 41.9 Å². The van der Waals surface area contributed by atoms with Crippen LogP contribution >= 0.6 is 0 Å². The third-order valence-corrected chi connectivity index (χ3v) is 8.03. The van der Waals surface area contributed by atoms with E-state index in [9.17, 15) is 14.4 Å². The molecular weight excluding hydrogens is 440 g/mol. The molecule has 11 nitrogen and oxygen atoms in total. The predicted molar refractivity (Wildman–Crippen MR) is 119 cm³/mol. The average molecular weight is 481 g/mol. The molecule has 0 aliphatic carbocycles. The molecule has 0 amide bonds. The van der Waals surface area contributed by atoms with Crippen molar-refractivity contribution in [1.29, 1.82) is 0 Å². The monoisotopic (exact) mass is 480 g/mol. The van der Waals surface area contributed by atoms with E-state index >= 15 is 0 Å². The van der Waals surface area contributed by atoms with Gasteiger partial charge in [-0.25, -0.2) is 0 Å². The number of rotatable bonds is 19. The summed E-state index contributed by atoms with van der Waals surface area (Å²) in [5.74, 6) is -0.899. The molecular formula is C20H40N2O9Si. The van der Waals surface area contributed by atoms with Gasteiger partial charge in [-0.05, 0) is 13.0 Å². The van der Waals surface area contributed by atoms with Crippen LogP contribution in [0.3, 0.4) is 0 Å². The number of nitrogens with zero attached hydrogens (tertiary/aromatic N) is 2. The first-order valence-electron chi connectivity index (χ1n) is 10.6. The first kappa shape index (κ1) is 30.4. The Labute approximate surface area is 192 Å². The summed E-state index contributed by atoms with van der Waals surface area (Å²) in [6.07, 6.45) is 1.47. The van der Waals surface area contributed by atoms with Crippen LogP contribution in [0.2, 0.25) is 6.04 Å². The number of hydrogen-bond donors (Lipinski definition) is 0. The topological polar surface area (TPSA) is 113 Å². The first-order chi connectivity index (χ1) is 15.3. The van der Waals surface area contributed by atoms with Crippen LogP contribution in [-0.4, -0.2) is 118 Å². The van der Waals surface area contributed by atoms with Crippen molar-refractivity contribution >= 4 is 26.7 Å². The molecule has 0 rings (SSSR count). The molecule has 0 atom stereocenters. The summed E-state index contributed by atoms with van der Waals surface area (Å²) in [6.45, 7) is 3.39. The lowest BCUT2D eigenvalue weighted by Crippen LogP contribution is -2.44. The van der Waals surface area contributed by atoms with Crippen molar-refractivity contribution in [3.8, 4) is 0 Å². The molecule has 0 saturated heterocycles. The lowest BCUT2D eigenvalue weighted by molar-refractivity contribution is -0.142. The summed E-state index contributed by atoms with van der Waals surface area (Å²) in [6, 6.07) is 0.639. The fourth-order valence-corrected chi connectivity index (χ4v) is 4.79. The van der Waals surface area contributed by atoms with Gasteiger partial charge in [-0.2, -0.15) is 0 Å². The number of carbonyl (C=O) groups excluding carboxylic acids is 3. The van der Waals surface area contributed by atoms with E-state index in [1.807, 2.05) is 4.90 Å². The van der Waals surface area contributed by atoms with Crippen LogP contribution in [0.1, 0.15) is 25.7 Å². The summed E-state index contributed by atoms with van der Waals surface area (Å²) in [7, 11) is 6.12. The van der Waals surface area contributed by atoms with Gasteiger partial charge in [-0.1, -0.05) is 0 Å². The van der Waals surface area contributed by atoms with Gasteiger partial charge in [0.05, 0.1) is 40.6 Å². The van der Waals surface area contributed by atoms with Crippen LogP contribution in [0, 0.1) is 0 Å². The molecule has 0 bridgehead atoms. The molecule has 0 aromatic heterocycles. The molecule has 0 N–H and O–H groups in total. The second kappa shape index (κ2) is 17.9. The van der Waals surface area contributed by atoms with E-state index in [1.165, 1.54) is 21.3 Å². The Morgan fingerprint density at radius 2 is 0.906 bits per heavy atom. The van der Waals surface area contributed by atoms with Crippen LogP contribution in [0.25, 0.3) is 0 Å². The van der Waals surface area contributed by atoms with Gasteiger partial charge in [0.25, 0.3) is 0 Å². The molecule has 188 valence electrons. The number of carbonyl (C=O) groups is 3. The van der Waals surface area contributed by atoms with E-state index in [0.717, 1.165) is 6.42 Å². The zero-order chi connectivity index (χ0) is 24.4. The van der Waals surface area contributed by atoms with E-state index in [-0.39, 0.29) is 37.2 Å². The number of esters is 3. The Morgan fingerprint density at radius 1 is 0.562 bits per heavy atom. The molecule has 0 spiro atoms. The maximum absolute atomic E-state index is 11.6. The Morgan fingerprint density at radius 3 is 1.22 bits per heavy atom. The Bertz CT molecular complexity index is 519. The summed E-state index contributed by atoms with van der Waals surface area (Å²) < 4.78 is 30.6. The molecule has 0 aliphatic heterocycles. The highest BCUT2D eigenvalue weighted by Crippen LogP contribution is 2.15. The van der Waals surface area contributed by atoms with E-state index in [2.05, 4.69) is 4.90 Å². The van der Waals surface area contributed by atoms with Crippen molar-refractivity contribution in [3.63, 3.8) is 0 Å². The van der Waals surface area contributed by atoms with Gasteiger partial charge in [-0.15, -0.1) is 0 Å². The number of methoxy groups -OCH3 is 3. The zero-order valence-electron chi connectivity index (χ0n) is 20.3. The first-order valence-corrected chi connectivity index (χ1v) is 12.5. The number of hydrogen-bond acceptors (Lipinski definition) is 11. The molecule has 0 radical (unpaired) electrons. The highest BCUT2D eigenvalue weighted by Gasteiger charge is 2.37. The van der Waals surface area contributed by atoms with Gasteiger partial charge in [0.1, 0.15) is 0 Å². The third-order valence-electron chi connectivity index (χ3n) is 5.20. The summed E-state index contributed by atoms with van der Waals surface area (Å²) in [5.41, 5.74) is 0. The fraction of sp³-hybridized carbons (Fsp3) is 0.850. The van der Waals surface area contributed by atoms with Crippen LogP contribution in [0.5, 0.6) is 0 Å². The minimum absolute atomic E-state index is 0.226. The molecule has 0 saturated carbocycles. The summed E-state index contributed by atoms with van der Waals surface area (Å²) in [5, 5.41) is 0. The molecule has 32 heavy (non-hydrogen) atoms. The molecule has 0 aromatic carbocycles. The van der Waals surface area contributed by atoms with Gasteiger partial charge >= 0.3 is 26.7 Å². The van der Waals surface area contributed by atoms with E-state index in [4.69, 9.17) is 27.5 Å². The maximum Gasteiger partial charge on any atom is 0.500 e. The minimum Gasteiger partial charge on any atom is -0.469 e. The molecule has 0 fully saturated rings. The van der Waals surface area contributed by atoms with Crippen molar-refractivity contribution in [2.75, 3.05) is 81.9 Å². The zero-order valence-corrected chi connectivity index (χ0v) is 21.3. The quantitative estimate of drug-likeness (QED) is 0.147. The van der Waals surface area contributed by atoms with Crippen molar-refractivity contribution in [1.82, 2.24) is 9.80 Å². The molecule has 0 aliphatic rings. The second-order valence-electron chi connectivity index (χ2n) is 7.06. The fourth-order valence-electron chi connectivity index (χ4n) is 3.08.